The minimum atomic E-state index is -1.22. The summed E-state index contributed by atoms with van der Waals surface area (Å²) in [4.78, 5) is 55.2. The molecule has 1 aliphatic rings. The number of carboxylic acid groups (broad SMARTS) is 1. The predicted molar refractivity (Wildman–Crippen MR) is 95.4 cm³/mol. The molecular weight excluding hydrogens is 382 g/mol. The van der Waals surface area contributed by atoms with E-state index >= 15 is 0 Å². The fourth-order valence-corrected chi connectivity index (χ4v) is 2.91. The van der Waals surface area contributed by atoms with Crippen LogP contribution < -0.4 is 4.84 Å². The number of amides is 3. The first-order chi connectivity index (χ1) is 14.0. The van der Waals surface area contributed by atoms with Gasteiger partial charge in [0.05, 0.1) is 24.1 Å². The molecule has 0 atom stereocenters. The second-order valence-electron chi connectivity index (χ2n) is 6.04. The van der Waals surface area contributed by atoms with Crippen LogP contribution in [0.1, 0.15) is 27.1 Å². The standard InChI is InChI=1S/C18H13N5O6/c24-15(25)9-10-21(22-16(26)11-5-1-2-6-12(11)17(22)27)18(28)29-23-14-8-4-3-7-13(14)19-20-23/h1-8H,9-10H2,(H,24,25). The molecule has 146 valence electrons. The number of benzene rings is 2. The van der Waals surface area contributed by atoms with Crippen LogP contribution in [-0.4, -0.2) is 60.7 Å². The summed E-state index contributed by atoms with van der Waals surface area (Å²) in [6, 6.07) is 12.7. The van der Waals surface area contributed by atoms with Gasteiger partial charge in [-0.15, -0.1) is 5.10 Å². The van der Waals surface area contributed by atoms with E-state index in [1.807, 2.05) is 0 Å². The molecule has 0 saturated heterocycles. The van der Waals surface area contributed by atoms with Gasteiger partial charge < -0.3 is 5.11 Å². The monoisotopic (exact) mass is 395 g/mol. The Hall–Kier alpha value is -4.28. The normalized spacial score (nSPS) is 12.9. The Morgan fingerprint density at radius 2 is 1.62 bits per heavy atom. The van der Waals surface area contributed by atoms with Gasteiger partial charge in [0.15, 0.2) is 0 Å². The molecule has 1 aromatic heterocycles. The largest absolute Gasteiger partial charge is 0.481 e. The van der Waals surface area contributed by atoms with Gasteiger partial charge >= 0.3 is 12.1 Å². The summed E-state index contributed by atoms with van der Waals surface area (Å²) in [5, 5.41) is 17.8. The molecule has 0 spiro atoms. The molecule has 1 N–H and O–H groups in total. The fourth-order valence-electron chi connectivity index (χ4n) is 2.91. The molecule has 3 amide bonds. The number of carboxylic acids is 1. The Morgan fingerprint density at radius 1 is 1.00 bits per heavy atom. The minimum Gasteiger partial charge on any atom is -0.481 e. The number of imide groups is 1. The van der Waals surface area contributed by atoms with Gasteiger partial charge in [0.25, 0.3) is 11.8 Å². The molecule has 0 fully saturated rings. The Labute approximate surface area is 162 Å². The predicted octanol–water partition coefficient (Wildman–Crippen LogP) is 0.968. The maximum absolute atomic E-state index is 12.8. The van der Waals surface area contributed by atoms with E-state index in [1.165, 1.54) is 12.1 Å². The van der Waals surface area contributed by atoms with Gasteiger partial charge in [-0.3, -0.25) is 19.2 Å². The van der Waals surface area contributed by atoms with Crippen LogP contribution in [0, 0.1) is 0 Å². The summed E-state index contributed by atoms with van der Waals surface area (Å²) < 4.78 is 0. The van der Waals surface area contributed by atoms with Crippen LogP contribution in [0.5, 0.6) is 0 Å². The van der Waals surface area contributed by atoms with Crippen LogP contribution in [0.3, 0.4) is 0 Å². The van der Waals surface area contributed by atoms with E-state index in [1.54, 1.807) is 36.4 Å². The highest BCUT2D eigenvalue weighted by Crippen LogP contribution is 2.24. The van der Waals surface area contributed by atoms with Crippen LogP contribution in [0.15, 0.2) is 48.5 Å². The average molecular weight is 395 g/mol. The third kappa shape index (κ3) is 3.14. The lowest BCUT2D eigenvalue weighted by molar-refractivity contribution is -0.137. The number of hydrogen-bond donors (Lipinski definition) is 1. The first-order valence-corrected chi connectivity index (χ1v) is 8.47. The third-order valence-electron chi connectivity index (χ3n) is 4.25. The molecular formula is C18H13N5O6. The van der Waals surface area contributed by atoms with Crippen molar-refractivity contribution in [2.45, 2.75) is 6.42 Å². The van der Waals surface area contributed by atoms with Crippen molar-refractivity contribution in [1.82, 2.24) is 25.2 Å². The molecule has 3 aromatic rings. The number of hydrazine groups is 1. The third-order valence-corrected chi connectivity index (χ3v) is 4.25. The molecule has 4 rings (SSSR count). The van der Waals surface area contributed by atoms with Crippen molar-refractivity contribution in [3.05, 3.63) is 59.7 Å². The maximum Gasteiger partial charge on any atom is 0.455 e. The van der Waals surface area contributed by atoms with Gasteiger partial charge in [-0.2, -0.15) is 5.01 Å². The van der Waals surface area contributed by atoms with Crippen LogP contribution in [0.4, 0.5) is 4.79 Å². The highest BCUT2D eigenvalue weighted by Gasteiger charge is 2.42. The van der Waals surface area contributed by atoms with Crippen molar-refractivity contribution in [2.24, 2.45) is 0 Å². The number of aromatic nitrogens is 3. The molecule has 0 unspecified atom stereocenters. The van der Waals surface area contributed by atoms with Crippen LogP contribution in [0.2, 0.25) is 0 Å². The highest BCUT2D eigenvalue weighted by molar-refractivity contribution is 6.21. The van der Waals surface area contributed by atoms with E-state index in [2.05, 4.69) is 10.3 Å². The fraction of sp³-hybridized carbons (Fsp3) is 0.111. The number of carbonyl (C=O) groups is 4. The zero-order valence-electron chi connectivity index (χ0n) is 14.8. The zero-order valence-corrected chi connectivity index (χ0v) is 14.8. The molecule has 11 heteroatoms. The van der Waals surface area contributed by atoms with Crippen molar-refractivity contribution in [1.29, 1.82) is 0 Å². The number of nitrogens with zero attached hydrogens (tertiary/aromatic N) is 5. The second kappa shape index (κ2) is 7.03. The van der Waals surface area contributed by atoms with Crippen LogP contribution >= 0.6 is 0 Å². The second-order valence-corrected chi connectivity index (χ2v) is 6.04. The lowest BCUT2D eigenvalue weighted by Gasteiger charge is -2.27. The first kappa shape index (κ1) is 18.1. The Morgan fingerprint density at radius 3 is 2.28 bits per heavy atom. The van der Waals surface area contributed by atoms with Gasteiger partial charge in [0.2, 0.25) is 0 Å². The number of rotatable bonds is 5. The quantitative estimate of drug-likeness (QED) is 0.499. The first-order valence-electron chi connectivity index (χ1n) is 8.47. The van der Waals surface area contributed by atoms with E-state index in [0.717, 1.165) is 4.85 Å². The number of hydrogen-bond acceptors (Lipinski definition) is 7. The Bertz CT molecular complexity index is 1120. The molecule has 29 heavy (non-hydrogen) atoms. The molecule has 0 aliphatic carbocycles. The Balaban J connectivity index is 1.65. The van der Waals surface area contributed by atoms with Crippen molar-refractivity contribution >= 4 is 34.9 Å². The molecule has 0 radical (unpaired) electrons. The lowest BCUT2D eigenvalue weighted by atomic mass is 10.1. The summed E-state index contributed by atoms with van der Waals surface area (Å²) >= 11 is 0. The molecule has 1 aliphatic heterocycles. The molecule has 2 heterocycles. The number of para-hydroxylation sites is 1. The van der Waals surface area contributed by atoms with Crippen molar-refractivity contribution in [3.8, 4) is 0 Å². The molecule has 0 bridgehead atoms. The SMILES string of the molecule is O=C(O)CCN(C(=O)On1nnc2ccccc21)N1C(=O)c2ccccc2C1=O. The minimum absolute atomic E-state index is 0.108. The van der Waals surface area contributed by atoms with Crippen LogP contribution in [0.25, 0.3) is 11.0 Å². The summed E-state index contributed by atoms with van der Waals surface area (Å²) in [5.41, 5.74) is 1.05. The van der Waals surface area contributed by atoms with Gasteiger partial charge in [0, 0.05) is 0 Å². The maximum atomic E-state index is 12.8. The molecule has 2 aromatic carbocycles. The van der Waals surface area contributed by atoms with E-state index in [0.29, 0.717) is 21.1 Å². The van der Waals surface area contributed by atoms with E-state index in [9.17, 15) is 19.2 Å². The number of aliphatic carboxylic acids is 1. The van der Waals surface area contributed by atoms with Gasteiger partial charge in [-0.1, -0.05) is 29.1 Å². The summed E-state index contributed by atoms with van der Waals surface area (Å²) in [5.74, 6) is -2.72. The van der Waals surface area contributed by atoms with Gasteiger partial charge in [-0.05, 0) is 29.5 Å². The highest BCUT2D eigenvalue weighted by atomic mass is 16.7. The van der Waals surface area contributed by atoms with Crippen LogP contribution in [-0.2, 0) is 4.79 Å². The Kier molecular flexibility index (Phi) is 4.39. The summed E-state index contributed by atoms with van der Waals surface area (Å²) in [6.07, 6.45) is -1.67. The lowest BCUT2D eigenvalue weighted by Crippen LogP contribution is -2.52. The molecule has 0 saturated carbocycles. The van der Waals surface area contributed by atoms with Crippen molar-refractivity contribution in [2.75, 3.05) is 6.54 Å². The zero-order chi connectivity index (χ0) is 20.5. The van der Waals surface area contributed by atoms with Gasteiger partial charge in [0.1, 0.15) is 11.0 Å². The van der Waals surface area contributed by atoms with Crippen molar-refractivity contribution < 1.29 is 29.1 Å². The van der Waals surface area contributed by atoms with E-state index in [4.69, 9.17) is 9.94 Å². The number of carbonyl (C=O) groups excluding carboxylic acids is 3. The topological polar surface area (TPSA) is 135 Å². The summed E-state index contributed by atoms with van der Waals surface area (Å²) in [7, 11) is 0. The van der Waals surface area contributed by atoms with E-state index in [-0.39, 0.29) is 11.1 Å². The molecule has 11 nitrogen and oxygen atoms in total. The van der Waals surface area contributed by atoms with Crippen molar-refractivity contribution in [3.63, 3.8) is 0 Å². The smallest absolute Gasteiger partial charge is 0.455 e. The average Bonchev–Trinajstić information content (AvgIpc) is 3.23. The summed E-state index contributed by atoms with van der Waals surface area (Å²) in [6.45, 7) is -0.466. The van der Waals surface area contributed by atoms with Gasteiger partial charge in [-0.25, -0.2) is 9.80 Å². The number of fused-ring (bicyclic) bond motifs is 2. The van der Waals surface area contributed by atoms with E-state index < -0.39 is 36.8 Å².